The number of phenols is 1. The summed E-state index contributed by atoms with van der Waals surface area (Å²) in [5.74, 6) is -3.04. The molecule has 3 N–H and O–H groups in total. The van der Waals surface area contributed by atoms with Crippen molar-refractivity contribution in [2.24, 2.45) is 0 Å². The molecule has 0 aliphatic rings. The molecule has 0 amide bonds. The number of aromatic carboxylic acids is 2. The largest absolute Gasteiger partial charge is 0.507 e. The summed E-state index contributed by atoms with van der Waals surface area (Å²) in [6, 6.07) is 7.12. The van der Waals surface area contributed by atoms with Gasteiger partial charge in [0.2, 0.25) is 0 Å². The third kappa shape index (κ3) is 1.67. The van der Waals surface area contributed by atoms with Gasteiger partial charge < -0.3 is 15.3 Å². The van der Waals surface area contributed by atoms with Crippen LogP contribution in [0.4, 0.5) is 0 Å². The van der Waals surface area contributed by atoms with Crippen molar-refractivity contribution in [2.45, 2.75) is 0 Å². The molecule has 5 heteroatoms. The smallest absolute Gasteiger partial charge is 0.340 e. The summed E-state index contributed by atoms with van der Waals surface area (Å²) >= 11 is 0. The van der Waals surface area contributed by atoms with Gasteiger partial charge in [0.15, 0.2) is 0 Å². The minimum atomic E-state index is -1.36. The number of rotatable bonds is 2. The minimum absolute atomic E-state index is 0.0347. The van der Waals surface area contributed by atoms with E-state index in [1.54, 1.807) is 6.07 Å². The zero-order valence-corrected chi connectivity index (χ0v) is 8.54. The average Bonchev–Trinajstić information content (AvgIpc) is 2.27. The monoisotopic (exact) mass is 232 g/mol. The van der Waals surface area contributed by atoms with Gasteiger partial charge in [-0.05, 0) is 17.5 Å². The van der Waals surface area contributed by atoms with E-state index in [9.17, 15) is 14.7 Å². The van der Waals surface area contributed by atoms with E-state index in [-0.39, 0.29) is 16.5 Å². The molecular weight excluding hydrogens is 224 g/mol. The van der Waals surface area contributed by atoms with Crippen LogP contribution in [-0.2, 0) is 0 Å². The highest BCUT2D eigenvalue weighted by molar-refractivity contribution is 6.14. The number of aromatic hydroxyl groups is 1. The van der Waals surface area contributed by atoms with Crippen LogP contribution in [0.25, 0.3) is 10.8 Å². The molecule has 0 aliphatic heterocycles. The molecule has 5 nitrogen and oxygen atoms in total. The second kappa shape index (κ2) is 3.79. The second-order valence-corrected chi connectivity index (χ2v) is 3.47. The van der Waals surface area contributed by atoms with Crippen LogP contribution >= 0.6 is 0 Å². The van der Waals surface area contributed by atoms with Crippen molar-refractivity contribution in [1.29, 1.82) is 0 Å². The van der Waals surface area contributed by atoms with E-state index in [1.165, 1.54) is 24.3 Å². The molecule has 0 saturated carbocycles. The fourth-order valence-electron chi connectivity index (χ4n) is 1.76. The van der Waals surface area contributed by atoms with Crippen molar-refractivity contribution in [3.8, 4) is 5.75 Å². The van der Waals surface area contributed by atoms with Gasteiger partial charge in [-0.3, -0.25) is 0 Å². The van der Waals surface area contributed by atoms with Crippen LogP contribution in [0.2, 0.25) is 0 Å². The van der Waals surface area contributed by atoms with Crippen LogP contribution in [0, 0.1) is 0 Å². The molecule has 0 heterocycles. The molecule has 0 saturated heterocycles. The lowest BCUT2D eigenvalue weighted by Crippen LogP contribution is -2.04. The van der Waals surface area contributed by atoms with Crippen molar-refractivity contribution < 1.29 is 24.9 Å². The van der Waals surface area contributed by atoms with Crippen molar-refractivity contribution in [1.82, 2.24) is 0 Å². The Morgan fingerprint density at radius 1 is 0.941 bits per heavy atom. The molecule has 2 aromatic carbocycles. The molecule has 0 aromatic heterocycles. The number of hydrogen-bond donors (Lipinski definition) is 3. The molecule has 0 fully saturated rings. The Labute approximate surface area is 95.5 Å². The highest BCUT2D eigenvalue weighted by Gasteiger charge is 2.19. The fourth-order valence-corrected chi connectivity index (χ4v) is 1.76. The first kappa shape index (κ1) is 10.9. The van der Waals surface area contributed by atoms with E-state index in [1.807, 2.05) is 0 Å². The van der Waals surface area contributed by atoms with Gasteiger partial charge in [0.1, 0.15) is 11.3 Å². The molecule has 86 valence electrons. The fraction of sp³-hybridized carbons (Fsp3) is 0. The second-order valence-electron chi connectivity index (χ2n) is 3.47. The average molecular weight is 232 g/mol. The molecule has 2 rings (SSSR count). The lowest BCUT2D eigenvalue weighted by Gasteiger charge is -2.07. The van der Waals surface area contributed by atoms with E-state index in [0.29, 0.717) is 5.39 Å². The van der Waals surface area contributed by atoms with Crippen LogP contribution in [-0.4, -0.2) is 27.3 Å². The number of carboxylic acid groups (broad SMARTS) is 2. The number of benzene rings is 2. The Hall–Kier alpha value is -2.56. The van der Waals surface area contributed by atoms with Crippen molar-refractivity contribution in [3.05, 3.63) is 41.5 Å². The Bertz CT molecular complexity index is 630. The predicted molar refractivity (Wildman–Crippen MR) is 59.5 cm³/mol. The van der Waals surface area contributed by atoms with E-state index >= 15 is 0 Å². The standard InChI is InChI=1S/C12H8O5/c13-8-5-4-6-2-1-3-7(11(14)15)9(6)10(8)12(16)17/h1-5,13H,(H,14,15)(H,16,17). The molecule has 2 aromatic rings. The van der Waals surface area contributed by atoms with Crippen LogP contribution in [0.1, 0.15) is 20.7 Å². The van der Waals surface area contributed by atoms with E-state index in [2.05, 4.69) is 0 Å². The zero-order chi connectivity index (χ0) is 12.6. The highest BCUT2D eigenvalue weighted by atomic mass is 16.4. The summed E-state index contributed by atoms with van der Waals surface area (Å²) in [6.45, 7) is 0. The normalized spacial score (nSPS) is 10.4. The number of fused-ring (bicyclic) bond motifs is 1. The third-order valence-electron chi connectivity index (χ3n) is 2.47. The minimum Gasteiger partial charge on any atom is -0.507 e. The molecule has 0 atom stereocenters. The first-order valence-electron chi connectivity index (χ1n) is 4.73. The quantitative estimate of drug-likeness (QED) is 0.735. The van der Waals surface area contributed by atoms with Gasteiger partial charge in [0.25, 0.3) is 0 Å². The highest BCUT2D eigenvalue weighted by Crippen LogP contribution is 2.29. The zero-order valence-electron chi connectivity index (χ0n) is 8.54. The molecule has 0 unspecified atom stereocenters. The Balaban J connectivity index is 2.99. The molecule has 0 radical (unpaired) electrons. The van der Waals surface area contributed by atoms with Crippen LogP contribution in [0.5, 0.6) is 5.75 Å². The summed E-state index contributed by atoms with van der Waals surface area (Å²) in [5.41, 5.74) is -0.531. The van der Waals surface area contributed by atoms with Crippen LogP contribution < -0.4 is 0 Å². The molecule has 0 aliphatic carbocycles. The summed E-state index contributed by atoms with van der Waals surface area (Å²) in [5, 5.41) is 28.0. The number of carboxylic acids is 2. The van der Waals surface area contributed by atoms with Gasteiger partial charge in [-0.15, -0.1) is 0 Å². The van der Waals surface area contributed by atoms with Gasteiger partial charge >= 0.3 is 11.9 Å². The van der Waals surface area contributed by atoms with E-state index < -0.39 is 17.7 Å². The summed E-state index contributed by atoms with van der Waals surface area (Å²) in [4.78, 5) is 22.1. The van der Waals surface area contributed by atoms with E-state index in [4.69, 9.17) is 10.2 Å². The Kier molecular flexibility index (Phi) is 2.44. The van der Waals surface area contributed by atoms with Crippen molar-refractivity contribution in [3.63, 3.8) is 0 Å². The first-order chi connectivity index (χ1) is 8.02. The van der Waals surface area contributed by atoms with Gasteiger partial charge in [-0.25, -0.2) is 9.59 Å². The Morgan fingerprint density at radius 3 is 2.24 bits per heavy atom. The first-order valence-corrected chi connectivity index (χ1v) is 4.73. The van der Waals surface area contributed by atoms with Gasteiger partial charge in [0, 0.05) is 5.39 Å². The maximum absolute atomic E-state index is 11.1. The lowest BCUT2D eigenvalue weighted by atomic mass is 9.98. The lowest BCUT2D eigenvalue weighted by molar-refractivity contribution is 0.0693. The van der Waals surface area contributed by atoms with Crippen LogP contribution in [0.3, 0.4) is 0 Å². The van der Waals surface area contributed by atoms with Crippen molar-refractivity contribution >= 4 is 22.7 Å². The van der Waals surface area contributed by atoms with E-state index in [0.717, 1.165) is 0 Å². The molecule has 0 bridgehead atoms. The maximum atomic E-state index is 11.1. The summed E-state index contributed by atoms with van der Waals surface area (Å²) < 4.78 is 0. The van der Waals surface area contributed by atoms with Gasteiger partial charge in [-0.1, -0.05) is 18.2 Å². The summed E-state index contributed by atoms with van der Waals surface area (Å²) in [7, 11) is 0. The molecular formula is C12H8O5. The third-order valence-corrected chi connectivity index (χ3v) is 2.47. The molecule has 0 spiro atoms. The maximum Gasteiger partial charge on any atom is 0.340 e. The van der Waals surface area contributed by atoms with Crippen LogP contribution in [0.15, 0.2) is 30.3 Å². The number of hydrogen-bond acceptors (Lipinski definition) is 3. The van der Waals surface area contributed by atoms with Gasteiger partial charge in [0.05, 0.1) is 5.56 Å². The predicted octanol–water partition coefficient (Wildman–Crippen LogP) is 1.94. The Morgan fingerprint density at radius 2 is 1.65 bits per heavy atom. The molecule has 17 heavy (non-hydrogen) atoms. The van der Waals surface area contributed by atoms with Crippen molar-refractivity contribution in [2.75, 3.05) is 0 Å². The summed E-state index contributed by atoms with van der Waals surface area (Å²) in [6.07, 6.45) is 0. The van der Waals surface area contributed by atoms with Gasteiger partial charge in [-0.2, -0.15) is 0 Å². The number of carbonyl (C=O) groups is 2. The SMILES string of the molecule is O=C(O)c1cccc2ccc(O)c(C(=O)O)c12. The topological polar surface area (TPSA) is 94.8 Å².